The quantitative estimate of drug-likeness (QED) is 0.0366. The highest BCUT2D eigenvalue weighted by atomic mass is 16.7. The van der Waals surface area contributed by atoms with Crippen LogP contribution < -0.4 is 14.8 Å². The van der Waals surface area contributed by atoms with E-state index < -0.39 is 49.0 Å². The Morgan fingerprint density at radius 2 is 0.755 bits per heavy atom. The minimum Gasteiger partial charge on any atom is -0.497 e. The molecule has 13 nitrogen and oxygen atoms in total. The molecule has 1 saturated heterocycles. The predicted molar refractivity (Wildman–Crippen MR) is 432 cm³/mol. The van der Waals surface area contributed by atoms with Crippen molar-refractivity contribution < 1.29 is 52.2 Å². The molecule has 0 aromatic heterocycles. The lowest BCUT2D eigenvalue weighted by Crippen LogP contribution is -2.62. The van der Waals surface area contributed by atoms with Crippen molar-refractivity contribution in [1.82, 2.24) is 10.2 Å². The van der Waals surface area contributed by atoms with E-state index in [0.29, 0.717) is 32.7 Å². The van der Waals surface area contributed by atoms with Crippen LogP contribution in [-0.4, -0.2) is 107 Å². The van der Waals surface area contributed by atoms with E-state index in [1.807, 2.05) is 109 Å². The third-order valence-corrected chi connectivity index (χ3v) is 20.7. The van der Waals surface area contributed by atoms with Crippen LogP contribution in [0.15, 0.2) is 170 Å². The van der Waals surface area contributed by atoms with Crippen LogP contribution in [0.1, 0.15) is 260 Å². The van der Waals surface area contributed by atoms with Crippen LogP contribution in [0.3, 0.4) is 0 Å². The Morgan fingerprint density at radius 1 is 0.387 bits per heavy atom. The summed E-state index contributed by atoms with van der Waals surface area (Å²) in [6.07, 6.45) is 33.1. The highest BCUT2D eigenvalue weighted by molar-refractivity contribution is 5.76. The average molecular weight is 1460 g/mol. The van der Waals surface area contributed by atoms with Crippen molar-refractivity contribution in [2.45, 2.75) is 315 Å². The summed E-state index contributed by atoms with van der Waals surface area (Å²) < 4.78 is 68.6. The fraction of sp³-hybridized carbons (Fsp3) is 0.602. The van der Waals surface area contributed by atoms with Crippen LogP contribution in [0.2, 0.25) is 0 Å². The Hall–Kier alpha value is -5.97. The number of rotatable bonds is 63. The maximum absolute atomic E-state index is 15.1. The molecule has 8 atom stereocenters. The lowest BCUT2D eigenvalue weighted by atomic mass is 9.97. The van der Waals surface area contributed by atoms with Gasteiger partial charge >= 0.3 is 0 Å². The predicted octanol–water partition coefficient (Wildman–Crippen LogP) is 22.2. The first kappa shape index (κ1) is 87.3. The molecular weight excluding hydrogens is 1320 g/mol. The van der Waals surface area contributed by atoms with Gasteiger partial charge in [0.15, 0.2) is 6.29 Å². The maximum Gasteiger partial charge on any atom is 0.220 e. The zero-order chi connectivity index (χ0) is 74.4. The van der Waals surface area contributed by atoms with E-state index in [-0.39, 0.29) is 38.9 Å². The van der Waals surface area contributed by atoms with Gasteiger partial charge in [0, 0.05) is 6.42 Å². The number of nitrogens with zero attached hydrogens (tertiary/aromatic N) is 1. The summed E-state index contributed by atoms with van der Waals surface area (Å²) in [6, 6.07) is 56.1. The lowest BCUT2D eigenvalue weighted by Gasteiger charge is -2.46. The first-order valence-electron chi connectivity index (χ1n) is 41.7. The van der Waals surface area contributed by atoms with Crippen LogP contribution in [0.25, 0.3) is 0 Å². The van der Waals surface area contributed by atoms with Gasteiger partial charge in [0.2, 0.25) is 5.91 Å². The molecule has 1 fully saturated rings. The van der Waals surface area contributed by atoms with Gasteiger partial charge in [0.05, 0.1) is 79.2 Å². The molecule has 1 amide bonds. The van der Waals surface area contributed by atoms with E-state index in [1.54, 1.807) is 14.2 Å². The second kappa shape index (κ2) is 56.3. The Kier molecular flexibility index (Phi) is 46.3. The number of benzene rings is 6. The average Bonchev–Trinajstić information content (AvgIpc) is 0.786. The molecule has 106 heavy (non-hydrogen) atoms. The van der Waals surface area contributed by atoms with Crippen LogP contribution in [0, 0.1) is 0 Å². The van der Waals surface area contributed by atoms with E-state index >= 15 is 4.79 Å². The molecule has 0 aliphatic carbocycles. The zero-order valence-electron chi connectivity index (χ0n) is 66.1. The summed E-state index contributed by atoms with van der Waals surface area (Å²) in [7, 11) is 3.37. The first-order chi connectivity index (χ1) is 52.4. The molecule has 1 aliphatic heterocycles. The summed E-state index contributed by atoms with van der Waals surface area (Å²) in [5, 5.41) is 3.58. The fourth-order valence-corrected chi connectivity index (χ4v) is 14.3. The molecule has 1 N–H and O–H groups in total. The van der Waals surface area contributed by atoms with Crippen LogP contribution in [0.5, 0.6) is 11.5 Å². The normalized spacial score (nSPS) is 16.8. The van der Waals surface area contributed by atoms with Gasteiger partial charge in [-0.05, 0) is 109 Å². The molecule has 0 bridgehead atoms. The first-order valence-corrected chi connectivity index (χ1v) is 41.7. The van der Waals surface area contributed by atoms with Gasteiger partial charge in [-0.15, -0.1) is 0 Å². The second-order valence-corrected chi connectivity index (χ2v) is 29.6. The molecule has 6 aromatic carbocycles. The summed E-state index contributed by atoms with van der Waals surface area (Å²) in [4.78, 5) is 17.9. The molecule has 7 rings (SSSR count). The van der Waals surface area contributed by atoms with Gasteiger partial charge in [-0.3, -0.25) is 4.79 Å². The summed E-state index contributed by atoms with van der Waals surface area (Å²) >= 11 is 0. The highest BCUT2D eigenvalue weighted by Crippen LogP contribution is 2.33. The highest BCUT2D eigenvalue weighted by Gasteiger charge is 2.50. The van der Waals surface area contributed by atoms with Crippen LogP contribution in [-0.2, 0) is 82.3 Å². The Bertz CT molecular complexity index is 3020. The minimum atomic E-state index is -1.04. The number of carbonyl (C=O) groups is 1. The Morgan fingerprint density at radius 3 is 1.19 bits per heavy atom. The Balaban J connectivity index is 1.17. The molecular formula is C93H138N2O11. The molecule has 13 heteroatoms. The van der Waals surface area contributed by atoms with Crippen molar-refractivity contribution >= 4 is 5.91 Å². The van der Waals surface area contributed by atoms with Crippen molar-refractivity contribution in [3.05, 3.63) is 203 Å². The number of unbranched alkanes of at least 4 members (excludes halogenated alkanes) is 26. The van der Waals surface area contributed by atoms with Crippen molar-refractivity contribution in [3.63, 3.8) is 0 Å². The van der Waals surface area contributed by atoms with E-state index in [0.717, 1.165) is 83.4 Å². The van der Waals surface area contributed by atoms with E-state index in [2.05, 4.69) is 91.7 Å². The number of methoxy groups -OCH3 is 2. The number of carbonyl (C=O) groups excluding carboxylic acids is 1. The van der Waals surface area contributed by atoms with Crippen molar-refractivity contribution in [3.8, 4) is 11.5 Å². The van der Waals surface area contributed by atoms with E-state index in [1.165, 1.54) is 174 Å². The summed E-state index contributed by atoms with van der Waals surface area (Å²) in [5.74, 6) is 1.48. The van der Waals surface area contributed by atoms with Gasteiger partial charge in [-0.2, -0.15) is 0 Å². The van der Waals surface area contributed by atoms with E-state index in [9.17, 15) is 0 Å². The molecule has 1 unspecified atom stereocenters. The zero-order valence-corrected chi connectivity index (χ0v) is 66.1. The van der Waals surface area contributed by atoms with E-state index in [4.69, 9.17) is 47.4 Å². The maximum atomic E-state index is 15.1. The SMILES string of the molecule is CCCCCCCCCCCCCC[C@@H](OCc1ccc(OC)cc1)[C@@H](OCc1ccc(OC)cc1)[C@H](CO[C@H]1OC(COCc2ccccc2)[C@H](OCc2ccccc2)[C@H](OCc2ccccc2)[C@H]1OCc1ccccc1)NC(=O)CCCCCCCCCCN(CCCCCCC)CCCCCCC. The van der Waals surface area contributed by atoms with Crippen molar-refractivity contribution in [2.24, 2.45) is 0 Å². The molecule has 1 aliphatic rings. The monoisotopic (exact) mass is 1460 g/mol. The second-order valence-electron chi connectivity index (χ2n) is 29.6. The number of hydrogen-bond donors (Lipinski definition) is 1. The Labute approximate surface area is 641 Å². The molecule has 1 heterocycles. The van der Waals surface area contributed by atoms with Gasteiger partial charge in [0.1, 0.15) is 42.0 Å². The van der Waals surface area contributed by atoms with Crippen LogP contribution >= 0.6 is 0 Å². The third kappa shape index (κ3) is 36.5. The topological polar surface area (TPSA) is 125 Å². The number of amides is 1. The lowest BCUT2D eigenvalue weighted by molar-refractivity contribution is -0.330. The standard InChI is InChI=1S/C93H138N2O11/c1-6-9-12-15-16-17-18-19-20-23-26-43-56-86(100-70-81-58-62-83(97-4)63-59-81)89(101-74-82-60-64-84(98-5)65-61-82)85(94-88(96)57-44-27-24-21-22-25-30-47-68-95(66-45-28-13-10-7-2)67-46-29-14-11-8-3)75-105-93-92(104-73-80-54-41-34-42-55-80)91(103-72-79-52-39-33-40-53-79)90(102-71-78-50-37-32-38-51-78)87(106-93)76-99-69-77-48-35-31-36-49-77/h31-42,48-55,58-65,85-87,89-93H,6-30,43-47,56-57,66-76H2,1-5H3,(H,94,96)/t85-,86+,87?,89-,90-,91-,92+,93-/m0/s1. The van der Waals surface area contributed by atoms with Gasteiger partial charge < -0.3 is 57.6 Å². The van der Waals surface area contributed by atoms with Crippen LogP contribution in [0.4, 0.5) is 0 Å². The minimum absolute atomic E-state index is 0.00998. The van der Waals surface area contributed by atoms with Gasteiger partial charge in [-0.1, -0.05) is 333 Å². The fourth-order valence-electron chi connectivity index (χ4n) is 14.3. The van der Waals surface area contributed by atoms with Crippen molar-refractivity contribution in [1.29, 1.82) is 0 Å². The number of nitrogens with one attached hydrogen (secondary N) is 1. The smallest absolute Gasteiger partial charge is 0.220 e. The van der Waals surface area contributed by atoms with Gasteiger partial charge in [-0.25, -0.2) is 0 Å². The van der Waals surface area contributed by atoms with Gasteiger partial charge in [0.25, 0.3) is 0 Å². The third-order valence-electron chi connectivity index (χ3n) is 20.7. The molecule has 0 spiro atoms. The molecule has 0 radical (unpaired) electrons. The molecule has 586 valence electrons. The molecule has 0 saturated carbocycles. The summed E-state index contributed by atoms with van der Waals surface area (Å²) in [6.45, 7) is 12.5. The number of hydrogen-bond acceptors (Lipinski definition) is 12. The summed E-state index contributed by atoms with van der Waals surface area (Å²) in [5.41, 5.74) is 5.99. The molecule has 6 aromatic rings. The number of ether oxygens (including phenoxy) is 10. The largest absolute Gasteiger partial charge is 0.497 e. The van der Waals surface area contributed by atoms with Crippen molar-refractivity contribution in [2.75, 3.05) is 47.1 Å².